The highest BCUT2D eigenvalue weighted by Gasteiger charge is 2.32. The molecule has 0 fully saturated rings. The lowest BCUT2D eigenvalue weighted by Crippen LogP contribution is -2.11. The number of carbonyl (C=O) groups is 1. The van der Waals surface area contributed by atoms with E-state index in [-0.39, 0.29) is 0 Å². The summed E-state index contributed by atoms with van der Waals surface area (Å²) >= 11 is 0. The SMILES string of the molecule is O=C(/C=C/c1ccccc1C(F)(F)F)Oc1c(F)c(F)c(F)c(F)c1F. The summed E-state index contributed by atoms with van der Waals surface area (Å²) in [6.45, 7) is 0. The van der Waals surface area contributed by atoms with Crippen molar-refractivity contribution in [3.05, 3.63) is 70.6 Å². The van der Waals surface area contributed by atoms with Crippen molar-refractivity contribution in [1.29, 1.82) is 0 Å². The zero-order chi connectivity index (χ0) is 19.6. The van der Waals surface area contributed by atoms with Crippen molar-refractivity contribution < 1.29 is 44.7 Å². The molecule has 0 spiro atoms. The summed E-state index contributed by atoms with van der Waals surface area (Å²) in [4.78, 5) is 11.5. The Balaban J connectivity index is 2.31. The number of benzene rings is 2. The Morgan fingerprint density at radius 1 is 0.846 bits per heavy atom. The van der Waals surface area contributed by atoms with Gasteiger partial charge in [-0.2, -0.15) is 22.0 Å². The van der Waals surface area contributed by atoms with E-state index >= 15 is 0 Å². The molecule has 0 aliphatic carbocycles. The molecule has 2 aromatic rings. The third kappa shape index (κ3) is 3.84. The van der Waals surface area contributed by atoms with Crippen LogP contribution in [-0.4, -0.2) is 5.97 Å². The smallest absolute Gasteiger partial charge is 0.416 e. The number of alkyl halides is 3. The lowest BCUT2D eigenvalue weighted by molar-refractivity contribution is -0.137. The molecule has 0 saturated carbocycles. The zero-order valence-corrected chi connectivity index (χ0v) is 12.3. The van der Waals surface area contributed by atoms with E-state index in [9.17, 15) is 39.9 Å². The molecule has 0 amide bonds. The molecule has 0 aliphatic rings. The molecule has 0 unspecified atom stereocenters. The predicted molar refractivity (Wildman–Crippen MR) is 72.3 cm³/mol. The highest BCUT2D eigenvalue weighted by Crippen LogP contribution is 2.32. The second kappa shape index (κ2) is 7.14. The Hall–Kier alpha value is -2.91. The molecule has 26 heavy (non-hydrogen) atoms. The topological polar surface area (TPSA) is 26.3 Å². The molecule has 0 saturated heterocycles. The largest absolute Gasteiger partial charge is 0.417 e. The normalized spacial score (nSPS) is 11.8. The maximum Gasteiger partial charge on any atom is 0.416 e. The van der Waals surface area contributed by atoms with Gasteiger partial charge in [-0.25, -0.2) is 18.0 Å². The van der Waals surface area contributed by atoms with Crippen molar-refractivity contribution in [2.24, 2.45) is 0 Å². The quantitative estimate of drug-likeness (QED) is 0.186. The summed E-state index contributed by atoms with van der Waals surface area (Å²) in [6.07, 6.45) is -3.77. The second-order valence-electron chi connectivity index (χ2n) is 4.74. The van der Waals surface area contributed by atoms with E-state index in [0.29, 0.717) is 12.2 Å². The molecular formula is C16H6F8O2. The Morgan fingerprint density at radius 3 is 1.88 bits per heavy atom. The van der Waals surface area contributed by atoms with Gasteiger partial charge in [0.2, 0.25) is 34.8 Å². The van der Waals surface area contributed by atoms with Crippen molar-refractivity contribution in [2.75, 3.05) is 0 Å². The Labute approximate surface area is 140 Å². The molecule has 138 valence electrons. The molecule has 2 aromatic carbocycles. The van der Waals surface area contributed by atoms with E-state index < -0.39 is 58.1 Å². The second-order valence-corrected chi connectivity index (χ2v) is 4.74. The maximum absolute atomic E-state index is 13.4. The van der Waals surface area contributed by atoms with Crippen LogP contribution in [0.1, 0.15) is 11.1 Å². The zero-order valence-electron chi connectivity index (χ0n) is 12.3. The lowest BCUT2D eigenvalue weighted by atomic mass is 10.1. The molecule has 0 aliphatic heterocycles. The molecule has 0 atom stereocenters. The van der Waals surface area contributed by atoms with Crippen LogP contribution in [0.5, 0.6) is 5.75 Å². The summed E-state index contributed by atoms with van der Waals surface area (Å²) in [7, 11) is 0. The van der Waals surface area contributed by atoms with Gasteiger partial charge in [-0.1, -0.05) is 18.2 Å². The van der Waals surface area contributed by atoms with E-state index in [2.05, 4.69) is 4.74 Å². The van der Waals surface area contributed by atoms with Crippen molar-refractivity contribution >= 4 is 12.0 Å². The van der Waals surface area contributed by atoms with Crippen LogP contribution < -0.4 is 4.74 Å². The first-order valence-corrected chi connectivity index (χ1v) is 6.61. The van der Waals surface area contributed by atoms with Crippen LogP contribution in [0, 0.1) is 29.1 Å². The summed E-state index contributed by atoms with van der Waals surface area (Å²) in [5.41, 5.74) is -1.59. The molecular weight excluding hydrogens is 376 g/mol. The van der Waals surface area contributed by atoms with Crippen molar-refractivity contribution in [1.82, 2.24) is 0 Å². The first-order valence-electron chi connectivity index (χ1n) is 6.61. The van der Waals surface area contributed by atoms with Crippen LogP contribution in [0.4, 0.5) is 35.1 Å². The molecule has 2 rings (SSSR count). The summed E-state index contributed by atoms with van der Waals surface area (Å²) < 4.78 is 108. The van der Waals surface area contributed by atoms with Gasteiger partial charge in [0.15, 0.2) is 0 Å². The fraction of sp³-hybridized carbons (Fsp3) is 0.0625. The average molecular weight is 382 g/mol. The van der Waals surface area contributed by atoms with Gasteiger partial charge in [0.25, 0.3) is 0 Å². The van der Waals surface area contributed by atoms with E-state index in [4.69, 9.17) is 0 Å². The summed E-state index contributed by atoms with van der Waals surface area (Å²) in [5.74, 6) is -15.4. The standard InChI is InChI=1S/C16H6F8O2/c17-10-11(18)13(20)15(14(21)12(10)19)26-9(25)6-5-7-3-1-2-4-8(7)16(22,23)24/h1-6H/b6-5+. The third-order valence-electron chi connectivity index (χ3n) is 3.04. The van der Waals surface area contributed by atoms with Crippen LogP contribution >= 0.6 is 0 Å². The van der Waals surface area contributed by atoms with Crippen LogP contribution in [0.15, 0.2) is 30.3 Å². The monoisotopic (exact) mass is 382 g/mol. The minimum Gasteiger partial charge on any atom is -0.417 e. The Kier molecular flexibility index (Phi) is 5.33. The van der Waals surface area contributed by atoms with Crippen LogP contribution in [-0.2, 0) is 11.0 Å². The van der Waals surface area contributed by atoms with Crippen molar-refractivity contribution in [3.63, 3.8) is 0 Å². The van der Waals surface area contributed by atoms with E-state index in [1.54, 1.807) is 0 Å². The number of carbonyl (C=O) groups excluding carboxylic acids is 1. The van der Waals surface area contributed by atoms with Crippen LogP contribution in [0.25, 0.3) is 6.08 Å². The number of halogens is 8. The highest BCUT2D eigenvalue weighted by atomic mass is 19.4. The first kappa shape index (κ1) is 19.4. The Morgan fingerprint density at radius 2 is 1.35 bits per heavy atom. The van der Waals surface area contributed by atoms with Gasteiger partial charge in [0, 0.05) is 6.08 Å². The third-order valence-corrected chi connectivity index (χ3v) is 3.04. The highest BCUT2D eigenvalue weighted by molar-refractivity contribution is 5.89. The van der Waals surface area contributed by atoms with Crippen molar-refractivity contribution in [3.8, 4) is 5.75 Å². The van der Waals surface area contributed by atoms with Gasteiger partial charge >= 0.3 is 12.1 Å². The van der Waals surface area contributed by atoms with Gasteiger partial charge in [0.05, 0.1) is 5.56 Å². The maximum atomic E-state index is 13.4. The lowest BCUT2D eigenvalue weighted by Gasteiger charge is -2.10. The molecule has 0 radical (unpaired) electrons. The number of esters is 1. The number of rotatable bonds is 3. The van der Waals surface area contributed by atoms with Gasteiger partial charge in [-0.05, 0) is 17.7 Å². The molecule has 2 nitrogen and oxygen atoms in total. The minimum absolute atomic E-state index is 0.350. The number of hydrogen-bond donors (Lipinski definition) is 0. The molecule has 10 heteroatoms. The van der Waals surface area contributed by atoms with Gasteiger partial charge in [-0.3, -0.25) is 0 Å². The molecule has 0 N–H and O–H groups in total. The first-order chi connectivity index (χ1) is 12.0. The van der Waals surface area contributed by atoms with Gasteiger partial charge in [-0.15, -0.1) is 0 Å². The van der Waals surface area contributed by atoms with Crippen LogP contribution in [0.2, 0.25) is 0 Å². The fourth-order valence-electron chi connectivity index (χ4n) is 1.87. The molecule has 0 heterocycles. The average Bonchev–Trinajstić information content (AvgIpc) is 2.59. The predicted octanol–water partition coefficient (Wildman–Crippen LogP) is 5.02. The Bertz CT molecular complexity index is 858. The fourth-order valence-corrected chi connectivity index (χ4v) is 1.87. The van der Waals surface area contributed by atoms with Gasteiger partial charge < -0.3 is 4.74 Å². The number of ether oxygens (including phenoxy) is 1. The van der Waals surface area contributed by atoms with E-state index in [0.717, 1.165) is 18.2 Å². The molecule has 0 aromatic heterocycles. The van der Waals surface area contributed by atoms with Gasteiger partial charge in [0.1, 0.15) is 0 Å². The molecule has 0 bridgehead atoms. The van der Waals surface area contributed by atoms with Crippen LogP contribution in [0.3, 0.4) is 0 Å². The van der Waals surface area contributed by atoms with E-state index in [1.807, 2.05) is 0 Å². The minimum atomic E-state index is -4.74. The summed E-state index contributed by atoms with van der Waals surface area (Å²) in [6, 6.07) is 4.03. The van der Waals surface area contributed by atoms with E-state index in [1.165, 1.54) is 6.07 Å². The number of hydrogen-bond acceptors (Lipinski definition) is 2. The summed E-state index contributed by atoms with van der Waals surface area (Å²) in [5, 5.41) is 0. The van der Waals surface area contributed by atoms with Crippen molar-refractivity contribution in [2.45, 2.75) is 6.18 Å².